The third-order valence-electron chi connectivity index (χ3n) is 5.55. The van der Waals surface area contributed by atoms with Gasteiger partial charge in [-0.25, -0.2) is 10.2 Å². The van der Waals surface area contributed by atoms with Crippen LogP contribution < -0.4 is 5.43 Å². The second-order valence-electron chi connectivity index (χ2n) is 7.58. The summed E-state index contributed by atoms with van der Waals surface area (Å²) in [5, 5.41) is 4.11. The summed E-state index contributed by atoms with van der Waals surface area (Å²) >= 11 is 0. The lowest BCUT2D eigenvalue weighted by Crippen LogP contribution is -2.27. The molecule has 1 saturated heterocycles. The van der Waals surface area contributed by atoms with E-state index in [2.05, 4.69) is 10.5 Å². The van der Waals surface area contributed by atoms with Crippen LogP contribution in [-0.4, -0.2) is 18.1 Å². The summed E-state index contributed by atoms with van der Waals surface area (Å²) in [7, 11) is 0. The van der Waals surface area contributed by atoms with E-state index >= 15 is 0 Å². The molecule has 1 aromatic carbocycles. The summed E-state index contributed by atoms with van der Waals surface area (Å²) in [5.74, 6) is -0.603. The van der Waals surface area contributed by atoms with Crippen LogP contribution in [0.2, 0.25) is 0 Å². The van der Waals surface area contributed by atoms with Gasteiger partial charge in [0.1, 0.15) is 6.10 Å². The lowest BCUT2D eigenvalue weighted by Gasteiger charge is -2.33. The van der Waals surface area contributed by atoms with E-state index in [9.17, 15) is 9.59 Å². The van der Waals surface area contributed by atoms with E-state index in [-0.39, 0.29) is 18.0 Å². The Morgan fingerprint density at radius 2 is 2.21 bits per heavy atom. The number of hydrogen-bond donors (Lipinski definition) is 1. The van der Waals surface area contributed by atoms with Crippen molar-refractivity contribution in [2.75, 3.05) is 0 Å². The first-order valence-electron chi connectivity index (χ1n) is 9.36. The van der Waals surface area contributed by atoms with Crippen LogP contribution in [0.25, 0.3) is 0 Å². The van der Waals surface area contributed by atoms with Gasteiger partial charge in [-0.2, -0.15) is 5.10 Å². The quantitative estimate of drug-likeness (QED) is 0.494. The minimum atomic E-state index is -0.429. The number of hydrogen-bond acceptors (Lipinski definition) is 5. The van der Waals surface area contributed by atoms with Crippen molar-refractivity contribution in [3.05, 3.63) is 70.7 Å². The Balaban J connectivity index is 1.57. The van der Waals surface area contributed by atoms with Gasteiger partial charge in [0, 0.05) is 16.5 Å². The molecule has 6 heteroatoms. The molecule has 2 atom stereocenters. The van der Waals surface area contributed by atoms with Gasteiger partial charge in [0.25, 0.3) is 5.91 Å². The normalized spacial score (nSPS) is 24.4. The second kappa shape index (κ2) is 7.11. The highest BCUT2D eigenvalue weighted by molar-refractivity contribution is 6.01. The molecule has 1 N–H and O–H groups in total. The number of benzene rings is 1. The van der Waals surface area contributed by atoms with Crippen LogP contribution in [0.3, 0.4) is 0 Å². The molecule has 1 aliphatic heterocycles. The number of furan rings is 1. The number of nitrogens with one attached hydrogen (secondary N) is 1. The molecule has 0 unspecified atom stereocenters. The van der Waals surface area contributed by atoms with E-state index in [0.717, 1.165) is 36.0 Å². The van der Waals surface area contributed by atoms with Gasteiger partial charge in [-0.15, -0.1) is 0 Å². The van der Waals surface area contributed by atoms with Crippen LogP contribution in [0.4, 0.5) is 0 Å². The molecule has 0 saturated carbocycles. The number of amides is 1. The summed E-state index contributed by atoms with van der Waals surface area (Å²) in [5.41, 5.74) is 5.99. The first kappa shape index (κ1) is 18.2. The molecular weight excluding hydrogens is 356 g/mol. The van der Waals surface area contributed by atoms with Gasteiger partial charge in [0.2, 0.25) is 0 Å². The first-order valence-corrected chi connectivity index (χ1v) is 9.36. The van der Waals surface area contributed by atoms with Crippen molar-refractivity contribution in [3.63, 3.8) is 0 Å². The van der Waals surface area contributed by atoms with Crippen molar-refractivity contribution < 1.29 is 18.7 Å². The van der Waals surface area contributed by atoms with E-state index in [1.807, 2.05) is 32.0 Å². The first-order chi connectivity index (χ1) is 13.5. The largest absolute Gasteiger partial charge is 0.472 e. The number of esters is 1. The molecule has 6 nitrogen and oxygen atoms in total. The number of ether oxygens (including phenoxy) is 1. The topological polar surface area (TPSA) is 80.9 Å². The van der Waals surface area contributed by atoms with Gasteiger partial charge < -0.3 is 9.15 Å². The molecule has 0 bridgehead atoms. The number of rotatable bonds is 4. The molecule has 1 fully saturated rings. The second-order valence-corrected chi connectivity index (χ2v) is 7.58. The van der Waals surface area contributed by atoms with Crippen LogP contribution >= 0.6 is 0 Å². The van der Waals surface area contributed by atoms with Gasteiger partial charge >= 0.3 is 5.97 Å². The molecule has 144 valence electrons. The highest BCUT2D eigenvalue weighted by Gasteiger charge is 2.53. The van der Waals surface area contributed by atoms with Gasteiger partial charge in [0.15, 0.2) is 0 Å². The molecule has 4 rings (SSSR count). The fourth-order valence-corrected chi connectivity index (χ4v) is 4.19. The SMILES string of the molecule is Cc1cccc(C(=O)N/N=C/C2=C3C(=O)O[C@@H](c4ccoc4)[C@]3(C)CCC2)c1. The highest BCUT2D eigenvalue weighted by atomic mass is 16.6. The molecule has 0 spiro atoms. The van der Waals surface area contributed by atoms with Crippen molar-refractivity contribution in [2.45, 2.75) is 39.2 Å². The maximum atomic E-state index is 12.6. The van der Waals surface area contributed by atoms with Crippen LogP contribution in [-0.2, 0) is 9.53 Å². The van der Waals surface area contributed by atoms with Crippen molar-refractivity contribution in [1.82, 2.24) is 5.43 Å². The van der Waals surface area contributed by atoms with E-state index in [1.165, 1.54) is 0 Å². The molecule has 1 aromatic heterocycles. The highest BCUT2D eigenvalue weighted by Crippen LogP contribution is 2.55. The average molecular weight is 378 g/mol. The van der Waals surface area contributed by atoms with Crippen LogP contribution in [0.5, 0.6) is 0 Å². The molecule has 28 heavy (non-hydrogen) atoms. The van der Waals surface area contributed by atoms with E-state index in [4.69, 9.17) is 9.15 Å². The number of aryl methyl sites for hydroxylation is 1. The number of nitrogens with zero attached hydrogens (tertiary/aromatic N) is 1. The predicted octanol–water partition coefficient (Wildman–Crippen LogP) is 4.09. The summed E-state index contributed by atoms with van der Waals surface area (Å²) in [6.45, 7) is 3.97. The minimum absolute atomic E-state index is 0.283. The Bertz CT molecular complexity index is 974. The summed E-state index contributed by atoms with van der Waals surface area (Å²) in [4.78, 5) is 24.9. The van der Waals surface area contributed by atoms with E-state index < -0.39 is 5.41 Å². The lowest BCUT2D eigenvalue weighted by molar-refractivity contribution is -0.140. The third kappa shape index (κ3) is 3.15. The number of carbonyl (C=O) groups is 2. The molecule has 2 heterocycles. The molecule has 0 radical (unpaired) electrons. The van der Waals surface area contributed by atoms with Gasteiger partial charge in [-0.1, -0.05) is 24.6 Å². The van der Waals surface area contributed by atoms with Crippen molar-refractivity contribution >= 4 is 18.1 Å². The maximum absolute atomic E-state index is 12.6. The summed E-state index contributed by atoms with van der Waals surface area (Å²) in [6, 6.07) is 9.12. The Morgan fingerprint density at radius 1 is 1.36 bits per heavy atom. The number of cyclic esters (lactones) is 1. The Kier molecular flexibility index (Phi) is 4.63. The van der Waals surface area contributed by atoms with Gasteiger partial charge in [0.05, 0.1) is 24.3 Å². The van der Waals surface area contributed by atoms with E-state index in [0.29, 0.717) is 11.1 Å². The number of carbonyl (C=O) groups excluding carboxylic acids is 2. The molecular formula is C22H22N2O4. The number of allylic oxidation sites excluding steroid dienone is 1. The number of fused-ring (bicyclic) bond motifs is 1. The molecule has 1 aliphatic carbocycles. The molecule has 1 amide bonds. The zero-order chi connectivity index (χ0) is 19.7. The maximum Gasteiger partial charge on any atom is 0.335 e. The minimum Gasteiger partial charge on any atom is -0.472 e. The molecule has 2 aromatic rings. The zero-order valence-corrected chi connectivity index (χ0v) is 15.9. The predicted molar refractivity (Wildman–Crippen MR) is 104 cm³/mol. The van der Waals surface area contributed by atoms with Crippen LogP contribution in [0, 0.1) is 12.3 Å². The van der Waals surface area contributed by atoms with Crippen molar-refractivity contribution in [2.24, 2.45) is 10.5 Å². The Labute approximate surface area is 163 Å². The standard InChI is InChI=1S/C22H22N2O4/c1-14-5-3-6-15(11-14)20(25)24-23-12-16-7-4-9-22(2)18(16)21(26)28-19(22)17-8-10-27-13-17/h3,5-6,8,10-13,19H,4,7,9H2,1-2H3,(H,24,25)/b23-12+/t19-,22+/m0/s1. The molecule has 2 aliphatic rings. The van der Waals surface area contributed by atoms with E-state index in [1.54, 1.807) is 30.9 Å². The van der Waals surface area contributed by atoms with Crippen LogP contribution in [0.15, 0.2) is 63.5 Å². The fraction of sp³-hybridized carbons (Fsp3) is 0.318. The van der Waals surface area contributed by atoms with Crippen molar-refractivity contribution in [3.8, 4) is 0 Å². The third-order valence-corrected chi connectivity index (χ3v) is 5.55. The lowest BCUT2D eigenvalue weighted by atomic mass is 9.68. The van der Waals surface area contributed by atoms with Gasteiger partial charge in [-0.3, -0.25) is 4.79 Å². The zero-order valence-electron chi connectivity index (χ0n) is 15.9. The van der Waals surface area contributed by atoms with Crippen molar-refractivity contribution in [1.29, 1.82) is 0 Å². The fourth-order valence-electron chi connectivity index (χ4n) is 4.19. The van der Waals surface area contributed by atoms with Crippen LogP contribution in [0.1, 0.15) is 53.8 Å². The van der Waals surface area contributed by atoms with Gasteiger partial charge in [-0.05, 0) is 50.0 Å². The smallest absolute Gasteiger partial charge is 0.335 e. The monoisotopic (exact) mass is 378 g/mol. The average Bonchev–Trinajstić information content (AvgIpc) is 3.28. The summed E-state index contributed by atoms with van der Waals surface area (Å²) < 4.78 is 10.9. The summed E-state index contributed by atoms with van der Waals surface area (Å²) in [6.07, 6.45) is 6.91. The Hall–Kier alpha value is -3.15. The number of hydrazone groups is 1. The Morgan fingerprint density at radius 3 is 2.96 bits per heavy atom.